The second-order valence-electron chi connectivity index (χ2n) is 4.77. The zero-order chi connectivity index (χ0) is 16.5. The molecule has 0 unspecified atom stereocenters. The molecule has 1 aromatic heterocycles. The Bertz CT molecular complexity index is 733. The van der Waals surface area contributed by atoms with Crippen molar-refractivity contribution >= 4 is 12.0 Å². The van der Waals surface area contributed by atoms with E-state index in [-0.39, 0.29) is 11.5 Å². The summed E-state index contributed by atoms with van der Waals surface area (Å²) in [6, 6.07) is 14.4. The van der Waals surface area contributed by atoms with Crippen LogP contribution in [0.4, 0.5) is 0 Å². The van der Waals surface area contributed by atoms with Gasteiger partial charge in [-0.15, -0.1) is 0 Å². The summed E-state index contributed by atoms with van der Waals surface area (Å²) in [5.41, 5.74) is 0.773. The zero-order valence-electron chi connectivity index (χ0n) is 12.8. The van der Waals surface area contributed by atoms with Crippen molar-refractivity contribution in [3.63, 3.8) is 0 Å². The van der Waals surface area contributed by atoms with Crippen molar-refractivity contribution < 1.29 is 9.53 Å². The highest BCUT2D eigenvalue weighted by Gasteiger charge is 2.08. The van der Waals surface area contributed by atoms with Gasteiger partial charge in [0.05, 0.1) is 0 Å². The van der Waals surface area contributed by atoms with Gasteiger partial charge in [0.2, 0.25) is 5.88 Å². The molecule has 0 atom stereocenters. The summed E-state index contributed by atoms with van der Waals surface area (Å²) in [5.74, 6) is 0.698. The Morgan fingerprint density at radius 2 is 2.22 bits per heavy atom. The Balaban J connectivity index is 2.16. The van der Waals surface area contributed by atoms with Crippen molar-refractivity contribution in [2.45, 2.75) is 13.3 Å². The Kier molecular flexibility index (Phi) is 5.89. The Labute approximate surface area is 135 Å². The predicted molar refractivity (Wildman–Crippen MR) is 87.6 cm³/mol. The summed E-state index contributed by atoms with van der Waals surface area (Å²) >= 11 is 0. The second kappa shape index (κ2) is 8.35. The zero-order valence-corrected chi connectivity index (χ0v) is 12.8. The Hall–Kier alpha value is -3.13. The van der Waals surface area contributed by atoms with Gasteiger partial charge >= 0.3 is 0 Å². The van der Waals surface area contributed by atoms with Crippen LogP contribution in [0.15, 0.2) is 54.2 Å². The van der Waals surface area contributed by atoms with Crippen LogP contribution in [0.5, 0.6) is 11.6 Å². The van der Waals surface area contributed by atoms with E-state index in [0.717, 1.165) is 6.42 Å². The fourth-order valence-corrected chi connectivity index (χ4v) is 1.85. The van der Waals surface area contributed by atoms with E-state index in [1.807, 2.05) is 19.1 Å². The van der Waals surface area contributed by atoms with Crippen LogP contribution in [0.3, 0.4) is 0 Å². The van der Waals surface area contributed by atoms with Crippen LogP contribution in [0, 0.1) is 11.3 Å². The number of hydrogen-bond acceptors (Lipinski definition) is 4. The third-order valence-corrected chi connectivity index (χ3v) is 2.93. The number of carbonyl (C=O) groups is 1. The highest BCUT2D eigenvalue weighted by Crippen LogP contribution is 2.21. The molecule has 1 heterocycles. The van der Waals surface area contributed by atoms with Crippen LogP contribution >= 0.6 is 0 Å². The first-order valence-corrected chi connectivity index (χ1v) is 7.32. The van der Waals surface area contributed by atoms with Crippen LogP contribution in [0.1, 0.15) is 18.9 Å². The lowest BCUT2D eigenvalue weighted by Crippen LogP contribution is -2.25. The molecule has 0 radical (unpaired) electrons. The van der Waals surface area contributed by atoms with E-state index in [0.29, 0.717) is 23.7 Å². The first kappa shape index (κ1) is 16.2. The van der Waals surface area contributed by atoms with E-state index in [9.17, 15) is 4.79 Å². The molecule has 0 aliphatic rings. The molecule has 2 aromatic rings. The predicted octanol–water partition coefficient (Wildman–Crippen LogP) is 3.31. The molecule has 1 N–H and O–H groups in total. The van der Waals surface area contributed by atoms with E-state index in [1.165, 1.54) is 6.08 Å². The minimum Gasteiger partial charge on any atom is -0.439 e. The van der Waals surface area contributed by atoms with Crippen LogP contribution < -0.4 is 10.1 Å². The molecule has 0 aliphatic carbocycles. The highest BCUT2D eigenvalue weighted by atomic mass is 16.5. The number of rotatable bonds is 6. The largest absolute Gasteiger partial charge is 0.439 e. The van der Waals surface area contributed by atoms with Gasteiger partial charge in [0.15, 0.2) is 0 Å². The van der Waals surface area contributed by atoms with E-state index >= 15 is 0 Å². The molecular weight excluding hydrogens is 290 g/mol. The van der Waals surface area contributed by atoms with Crippen molar-refractivity contribution in [1.82, 2.24) is 10.3 Å². The van der Waals surface area contributed by atoms with Gasteiger partial charge in [-0.2, -0.15) is 5.26 Å². The van der Waals surface area contributed by atoms with Crippen molar-refractivity contribution in [3.05, 3.63) is 59.8 Å². The van der Waals surface area contributed by atoms with Crippen molar-refractivity contribution in [1.29, 1.82) is 5.26 Å². The minimum absolute atomic E-state index is 0.0634. The number of amides is 1. The van der Waals surface area contributed by atoms with Crippen LogP contribution in [0.2, 0.25) is 0 Å². The minimum atomic E-state index is -0.370. The standard InChI is InChI=1S/C18H17N3O2/c1-2-9-21-18(22)15(13-19)11-14-6-5-7-16(12-14)23-17-8-3-4-10-20-17/h3-8,10-12H,2,9H2,1H3,(H,21,22)/b15-11+. The fraction of sp³-hybridized carbons (Fsp3) is 0.167. The van der Waals surface area contributed by atoms with E-state index in [4.69, 9.17) is 10.00 Å². The maximum absolute atomic E-state index is 11.9. The summed E-state index contributed by atoms with van der Waals surface area (Å²) in [6.07, 6.45) is 4.00. The lowest BCUT2D eigenvalue weighted by molar-refractivity contribution is -0.117. The van der Waals surface area contributed by atoms with Crippen molar-refractivity contribution in [2.24, 2.45) is 0 Å². The van der Waals surface area contributed by atoms with Crippen LogP contribution in [-0.4, -0.2) is 17.4 Å². The van der Waals surface area contributed by atoms with E-state index in [1.54, 1.807) is 42.6 Å². The third-order valence-electron chi connectivity index (χ3n) is 2.93. The smallest absolute Gasteiger partial charge is 0.261 e. The lowest BCUT2D eigenvalue weighted by atomic mass is 10.1. The van der Waals surface area contributed by atoms with Gasteiger partial charge < -0.3 is 10.1 Å². The van der Waals surface area contributed by atoms with E-state index in [2.05, 4.69) is 10.3 Å². The summed E-state index contributed by atoms with van der Waals surface area (Å²) in [4.78, 5) is 16.0. The van der Waals surface area contributed by atoms with Gasteiger partial charge in [0.1, 0.15) is 17.4 Å². The number of benzene rings is 1. The molecule has 0 aliphatic heterocycles. The van der Waals surface area contributed by atoms with E-state index < -0.39 is 0 Å². The van der Waals surface area contributed by atoms with Gasteiger partial charge in [-0.25, -0.2) is 4.98 Å². The number of nitriles is 1. The number of pyridine rings is 1. The first-order valence-electron chi connectivity index (χ1n) is 7.32. The maximum Gasteiger partial charge on any atom is 0.261 e. The molecule has 0 spiro atoms. The molecule has 0 bridgehead atoms. The average Bonchev–Trinajstić information content (AvgIpc) is 2.59. The monoisotopic (exact) mass is 307 g/mol. The van der Waals surface area contributed by atoms with Crippen LogP contribution in [-0.2, 0) is 4.79 Å². The van der Waals surface area contributed by atoms with Crippen molar-refractivity contribution in [2.75, 3.05) is 6.54 Å². The Morgan fingerprint density at radius 1 is 1.35 bits per heavy atom. The second-order valence-corrected chi connectivity index (χ2v) is 4.77. The maximum atomic E-state index is 11.9. The molecule has 5 nitrogen and oxygen atoms in total. The number of ether oxygens (including phenoxy) is 1. The third kappa shape index (κ3) is 4.97. The summed E-state index contributed by atoms with van der Waals surface area (Å²) in [6.45, 7) is 2.50. The quantitative estimate of drug-likeness (QED) is 0.656. The average molecular weight is 307 g/mol. The van der Waals surface area contributed by atoms with Crippen molar-refractivity contribution in [3.8, 4) is 17.7 Å². The molecule has 23 heavy (non-hydrogen) atoms. The highest BCUT2D eigenvalue weighted by molar-refractivity contribution is 6.01. The molecule has 1 amide bonds. The summed E-state index contributed by atoms with van der Waals surface area (Å²) < 4.78 is 5.64. The molecule has 0 saturated heterocycles. The molecular formula is C18H17N3O2. The first-order chi connectivity index (χ1) is 11.2. The van der Waals surface area contributed by atoms with Gasteiger partial charge in [-0.3, -0.25) is 4.79 Å². The summed E-state index contributed by atoms with van der Waals surface area (Å²) in [5, 5.41) is 11.8. The number of nitrogens with zero attached hydrogens (tertiary/aromatic N) is 2. The lowest BCUT2D eigenvalue weighted by Gasteiger charge is -2.05. The normalized spacial score (nSPS) is 10.7. The number of nitrogens with one attached hydrogen (secondary N) is 1. The van der Waals surface area contributed by atoms with Crippen LogP contribution in [0.25, 0.3) is 6.08 Å². The number of aromatic nitrogens is 1. The molecule has 5 heteroatoms. The van der Waals surface area contributed by atoms with Gasteiger partial charge in [-0.05, 0) is 36.3 Å². The SMILES string of the molecule is CCCNC(=O)/C(C#N)=C/c1cccc(Oc2ccccn2)c1. The molecule has 1 aromatic carbocycles. The molecule has 0 saturated carbocycles. The molecule has 2 rings (SSSR count). The molecule has 116 valence electrons. The number of carbonyl (C=O) groups excluding carboxylic acids is 1. The van der Waals surface area contributed by atoms with Gasteiger partial charge in [0, 0.05) is 18.8 Å². The number of hydrogen-bond donors (Lipinski definition) is 1. The molecule has 0 fully saturated rings. The fourth-order valence-electron chi connectivity index (χ4n) is 1.85. The topological polar surface area (TPSA) is 75.0 Å². The van der Waals surface area contributed by atoms with Gasteiger partial charge in [0.25, 0.3) is 5.91 Å². The summed E-state index contributed by atoms with van der Waals surface area (Å²) in [7, 11) is 0. The van der Waals surface area contributed by atoms with Gasteiger partial charge in [-0.1, -0.05) is 25.1 Å². The Morgan fingerprint density at radius 3 is 2.91 bits per heavy atom.